The van der Waals surface area contributed by atoms with Crippen molar-refractivity contribution in [2.24, 2.45) is 5.92 Å². The molecule has 0 radical (unpaired) electrons. The van der Waals surface area contributed by atoms with Crippen LogP contribution in [0.15, 0.2) is 0 Å². The second-order valence-electron chi connectivity index (χ2n) is 7.77. The van der Waals surface area contributed by atoms with Crippen LogP contribution < -0.4 is 10.6 Å². The lowest BCUT2D eigenvalue weighted by atomic mass is 9.96. The fourth-order valence-corrected chi connectivity index (χ4v) is 3.86. The molecule has 7 nitrogen and oxygen atoms in total. The highest BCUT2D eigenvalue weighted by Gasteiger charge is 2.33. The topological polar surface area (TPSA) is 81.8 Å². The number of amides is 4. The Bertz CT molecular complexity index is 547. The molecule has 1 saturated heterocycles. The largest absolute Gasteiger partial charge is 0.342 e. The third kappa shape index (κ3) is 6.41. The molecule has 0 aromatic heterocycles. The molecule has 160 valence electrons. The van der Waals surface area contributed by atoms with Gasteiger partial charge in [0.1, 0.15) is 6.04 Å². The highest BCUT2D eigenvalue weighted by atomic mass is 35.5. The van der Waals surface area contributed by atoms with Crippen molar-refractivity contribution in [1.82, 2.24) is 20.4 Å². The first-order valence-corrected chi connectivity index (χ1v) is 11.1. The Labute approximate surface area is 177 Å². The quantitative estimate of drug-likeness (QED) is 0.629. The Morgan fingerprint density at radius 2 is 1.57 bits per heavy atom. The van der Waals surface area contributed by atoms with Crippen LogP contribution in [0.5, 0.6) is 0 Å². The first kappa shape index (κ1) is 23.1. The van der Waals surface area contributed by atoms with Gasteiger partial charge in [-0.3, -0.25) is 9.59 Å². The molecule has 0 aromatic rings. The van der Waals surface area contributed by atoms with Gasteiger partial charge >= 0.3 is 6.03 Å². The summed E-state index contributed by atoms with van der Waals surface area (Å²) in [5.74, 6) is -0.757. The Hall–Kier alpha value is -1.21. The van der Waals surface area contributed by atoms with Crippen molar-refractivity contribution in [3.8, 4) is 0 Å². The van der Waals surface area contributed by atoms with Gasteiger partial charge < -0.3 is 20.4 Å². The molecule has 1 aliphatic heterocycles. The summed E-state index contributed by atoms with van der Waals surface area (Å²) in [6, 6.07) is -0.442. The maximum Gasteiger partial charge on any atom is 0.317 e. The Morgan fingerprint density at radius 3 is 2.11 bits per heavy atom. The number of carbonyl (C=O) groups is 3. The molecule has 9 heteroatoms. The van der Waals surface area contributed by atoms with Crippen LogP contribution in [0.1, 0.15) is 52.4 Å². The highest BCUT2D eigenvalue weighted by Crippen LogP contribution is 2.18. The van der Waals surface area contributed by atoms with E-state index in [9.17, 15) is 14.4 Å². The minimum atomic E-state index is -1.21. The molecular formula is C19H32Cl2N4O3. The lowest BCUT2D eigenvalue weighted by molar-refractivity contribution is -0.138. The van der Waals surface area contributed by atoms with Crippen molar-refractivity contribution in [2.45, 2.75) is 69.3 Å². The predicted octanol–water partition coefficient (Wildman–Crippen LogP) is 2.51. The van der Waals surface area contributed by atoms with Gasteiger partial charge in [0, 0.05) is 32.2 Å². The van der Waals surface area contributed by atoms with Gasteiger partial charge in [-0.25, -0.2) is 4.79 Å². The molecule has 4 amide bonds. The van der Waals surface area contributed by atoms with Crippen molar-refractivity contribution >= 4 is 41.0 Å². The van der Waals surface area contributed by atoms with Crippen LogP contribution in [0.25, 0.3) is 0 Å². The summed E-state index contributed by atoms with van der Waals surface area (Å²) in [6.07, 6.45) is 6.40. The van der Waals surface area contributed by atoms with E-state index >= 15 is 0 Å². The zero-order chi connectivity index (χ0) is 20.7. The summed E-state index contributed by atoms with van der Waals surface area (Å²) in [6.45, 7) is 5.74. The molecular weight excluding hydrogens is 403 g/mol. The van der Waals surface area contributed by atoms with Crippen molar-refractivity contribution in [3.63, 3.8) is 0 Å². The Balaban J connectivity index is 1.87. The van der Waals surface area contributed by atoms with Gasteiger partial charge in [-0.15, -0.1) is 0 Å². The average molecular weight is 435 g/mol. The van der Waals surface area contributed by atoms with Crippen LogP contribution >= 0.6 is 23.2 Å². The van der Waals surface area contributed by atoms with E-state index < -0.39 is 16.8 Å². The maximum absolute atomic E-state index is 13.0. The number of piperazine rings is 1. The molecule has 1 saturated carbocycles. The second-order valence-corrected chi connectivity index (χ2v) is 8.87. The minimum Gasteiger partial charge on any atom is -0.342 e. The molecule has 2 N–H and O–H groups in total. The van der Waals surface area contributed by atoms with Crippen molar-refractivity contribution in [3.05, 3.63) is 0 Å². The van der Waals surface area contributed by atoms with Crippen LogP contribution in [0.3, 0.4) is 0 Å². The molecule has 2 unspecified atom stereocenters. The van der Waals surface area contributed by atoms with E-state index in [-0.39, 0.29) is 23.9 Å². The summed E-state index contributed by atoms with van der Waals surface area (Å²) < 4.78 is 0. The van der Waals surface area contributed by atoms with Gasteiger partial charge in [0.25, 0.3) is 5.91 Å². The van der Waals surface area contributed by atoms with Gasteiger partial charge in [-0.1, -0.05) is 62.7 Å². The summed E-state index contributed by atoms with van der Waals surface area (Å²) in [7, 11) is 0. The molecule has 2 aliphatic rings. The Morgan fingerprint density at radius 1 is 1.00 bits per heavy atom. The van der Waals surface area contributed by atoms with Crippen LogP contribution in [-0.4, -0.2) is 70.7 Å². The summed E-state index contributed by atoms with van der Waals surface area (Å²) in [5.41, 5.74) is 0. The molecule has 2 rings (SSSR count). The number of nitrogens with one attached hydrogen (secondary N) is 2. The maximum atomic E-state index is 13.0. The van der Waals surface area contributed by atoms with Gasteiger partial charge in [0.15, 0.2) is 4.84 Å². The first-order valence-electron chi connectivity index (χ1n) is 10.3. The van der Waals surface area contributed by atoms with Crippen LogP contribution in [0, 0.1) is 5.92 Å². The molecule has 0 spiro atoms. The SMILES string of the molecule is CCC(C)C(NC(=O)C(Cl)Cl)C(=O)N1CCN(C(=O)NC2CCCCC2)CC1. The normalized spacial score (nSPS) is 20.6. The van der Waals surface area contributed by atoms with Gasteiger partial charge in [0.2, 0.25) is 5.91 Å². The summed E-state index contributed by atoms with van der Waals surface area (Å²) >= 11 is 11.2. The van der Waals surface area contributed by atoms with E-state index in [1.54, 1.807) is 9.80 Å². The fourth-order valence-electron chi connectivity index (χ4n) is 3.74. The third-order valence-corrected chi connectivity index (χ3v) is 6.18. The number of hydrogen-bond acceptors (Lipinski definition) is 3. The molecule has 2 atom stereocenters. The lowest BCUT2D eigenvalue weighted by Crippen LogP contribution is -2.59. The van der Waals surface area contributed by atoms with E-state index in [1.807, 2.05) is 13.8 Å². The number of alkyl halides is 2. The highest BCUT2D eigenvalue weighted by molar-refractivity contribution is 6.53. The summed E-state index contributed by atoms with van der Waals surface area (Å²) in [4.78, 5) is 39.6. The van der Waals surface area contributed by atoms with Gasteiger partial charge in [0.05, 0.1) is 0 Å². The van der Waals surface area contributed by atoms with Gasteiger partial charge in [-0.05, 0) is 18.8 Å². The van der Waals surface area contributed by atoms with Crippen molar-refractivity contribution in [1.29, 1.82) is 0 Å². The third-order valence-electron chi connectivity index (χ3n) is 5.79. The van der Waals surface area contributed by atoms with Crippen LogP contribution in [0.4, 0.5) is 4.79 Å². The van der Waals surface area contributed by atoms with Crippen molar-refractivity contribution in [2.75, 3.05) is 26.2 Å². The smallest absolute Gasteiger partial charge is 0.317 e. The van der Waals surface area contributed by atoms with E-state index in [2.05, 4.69) is 10.6 Å². The molecule has 1 heterocycles. The summed E-state index contributed by atoms with van der Waals surface area (Å²) in [5, 5.41) is 5.78. The van der Waals surface area contributed by atoms with E-state index in [4.69, 9.17) is 23.2 Å². The number of nitrogens with zero attached hydrogens (tertiary/aromatic N) is 2. The molecule has 28 heavy (non-hydrogen) atoms. The molecule has 0 aromatic carbocycles. The van der Waals surface area contributed by atoms with Crippen LogP contribution in [0.2, 0.25) is 0 Å². The van der Waals surface area contributed by atoms with Gasteiger partial charge in [-0.2, -0.15) is 0 Å². The number of carbonyl (C=O) groups excluding carboxylic acids is 3. The number of halogens is 2. The van der Waals surface area contributed by atoms with Crippen molar-refractivity contribution < 1.29 is 14.4 Å². The average Bonchev–Trinajstić information content (AvgIpc) is 2.71. The second kappa shape index (κ2) is 11.1. The zero-order valence-electron chi connectivity index (χ0n) is 16.8. The molecule has 1 aliphatic carbocycles. The standard InChI is InChI=1S/C19H32Cl2N4O3/c1-3-13(2)15(23-17(26)16(20)21)18(27)24-9-11-25(12-10-24)19(28)22-14-7-5-4-6-8-14/h13-16H,3-12H2,1-2H3,(H,22,28)(H,23,26). The zero-order valence-corrected chi connectivity index (χ0v) is 18.3. The number of urea groups is 1. The monoisotopic (exact) mass is 434 g/mol. The molecule has 2 fully saturated rings. The lowest BCUT2D eigenvalue weighted by Gasteiger charge is -2.38. The predicted molar refractivity (Wildman–Crippen MR) is 110 cm³/mol. The molecule has 0 bridgehead atoms. The minimum absolute atomic E-state index is 0.0436. The Kier molecular flexibility index (Phi) is 9.15. The van der Waals surface area contributed by atoms with E-state index in [0.717, 1.165) is 19.3 Å². The van der Waals surface area contributed by atoms with E-state index in [1.165, 1.54) is 19.3 Å². The number of rotatable bonds is 6. The number of hydrogen-bond donors (Lipinski definition) is 2. The van der Waals surface area contributed by atoms with Crippen LogP contribution in [-0.2, 0) is 9.59 Å². The first-order chi connectivity index (χ1) is 13.3. The van der Waals surface area contributed by atoms with E-state index in [0.29, 0.717) is 26.2 Å². The fraction of sp³-hybridized carbons (Fsp3) is 0.842.